The summed E-state index contributed by atoms with van der Waals surface area (Å²) in [5, 5.41) is 0. The van der Waals surface area contributed by atoms with Crippen LogP contribution in [0.25, 0.3) is 0 Å². The smallest absolute Gasteiger partial charge is 0.410 e. The lowest BCUT2D eigenvalue weighted by molar-refractivity contribution is 0.0285. The molecule has 0 aliphatic heterocycles. The number of amides is 1. The van der Waals surface area contributed by atoms with Crippen molar-refractivity contribution in [2.45, 2.75) is 32.9 Å². The minimum Gasteiger partial charge on any atom is -0.444 e. The van der Waals surface area contributed by atoms with Gasteiger partial charge in [-0.3, -0.25) is 4.98 Å². The fraction of sp³-hybridized carbons (Fsp3) is 0.500. The Bertz CT molecular complexity index is 399. The largest absolute Gasteiger partial charge is 0.444 e. The summed E-state index contributed by atoms with van der Waals surface area (Å²) < 4.78 is 5.24. The normalized spacial score (nSPS) is 11.1. The minimum absolute atomic E-state index is 0.367. The maximum atomic E-state index is 11.7. The molecule has 0 aromatic carbocycles. The second kappa shape index (κ2) is 5.03. The number of nitrogen functional groups attached to an aromatic ring is 1. The van der Waals surface area contributed by atoms with E-state index < -0.39 is 5.60 Å². The lowest BCUT2D eigenvalue weighted by Crippen LogP contribution is -2.33. The van der Waals surface area contributed by atoms with Crippen LogP contribution in [0.2, 0.25) is 0 Å². The Labute approximate surface area is 102 Å². The monoisotopic (exact) mass is 237 g/mol. The van der Waals surface area contributed by atoms with E-state index in [-0.39, 0.29) is 6.09 Å². The highest BCUT2D eigenvalue weighted by Crippen LogP contribution is 2.14. The molecule has 0 unspecified atom stereocenters. The van der Waals surface area contributed by atoms with Gasteiger partial charge in [-0.1, -0.05) is 0 Å². The number of ether oxygens (including phenoxy) is 1. The topological polar surface area (TPSA) is 68.5 Å². The number of nitrogens with two attached hydrogens (primary N) is 1. The molecule has 5 heteroatoms. The van der Waals surface area contributed by atoms with Crippen LogP contribution >= 0.6 is 0 Å². The van der Waals surface area contributed by atoms with Gasteiger partial charge in [0, 0.05) is 13.2 Å². The summed E-state index contributed by atoms with van der Waals surface area (Å²) in [4.78, 5) is 17.1. The zero-order chi connectivity index (χ0) is 13.1. The van der Waals surface area contributed by atoms with E-state index in [1.165, 1.54) is 4.90 Å². The van der Waals surface area contributed by atoms with Gasteiger partial charge in [-0.25, -0.2) is 4.79 Å². The Morgan fingerprint density at radius 1 is 1.53 bits per heavy atom. The predicted octanol–water partition coefficient (Wildman–Crippen LogP) is 2.03. The Morgan fingerprint density at radius 3 is 2.71 bits per heavy atom. The van der Waals surface area contributed by atoms with Gasteiger partial charge in [0.25, 0.3) is 0 Å². The molecule has 0 saturated carbocycles. The number of aromatic nitrogens is 1. The molecule has 0 spiro atoms. The van der Waals surface area contributed by atoms with Crippen molar-refractivity contribution in [2.24, 2.45) is 0 Å². The average molecular weight is 237 g/mol. The summed E-state index contributed by atoms with van der Waals surface area (Å²) >= 11 is 0. The van der Waals surface area contributed by atoms with Crippen molar-refractivity contribution in [1.29, 1.82) is 0 Å². The molecule has 1 heterocycles. The first kappa shape index (κ1) is 13.3. The molecule has 1 rings (SSSR count). The summed E-state index contributed by atoms with van der Waals surface area (Å²) in [7, 11) is 1.67. The Hall–Kier alpha value is -1.78. The second-order valence-electron chi connectivity index (χ2n) is 4.91. The van der Waals surface area contributed by atoms with E-state index in [0.29, 0.717) is 12.2 Å². The third-order valence-corrected chi connectivity index (χ3v) is 2.06. The SMILES string of the molecule is CN(Cc1ccncc1N)C(=O)OC(C)(C)C. The molecule has 0 aliphatic carbocycles. The van der Waals surface area contributed by atoms with Crippen LogP contribution in [0.4, 0.5) is 10.5 Å². The molecule has 0 fully saturated rings. The van der Waals surface area contributed by atoms with Crippen LogP contribution < -0.4 is 5.73 Å². The van der Waals surface area contributed by atoms with Gasteiger partial charge < -0.3 is 15.4 Å². The van der Waals surface area contributed by atoms with Crippen molar-refractivity contribution in [3.05, 3.63) is 24.0 Å². The predicted molar refractivity (Wildman–Crippen MR) is 66.4 cm³/mol. The second-order valence-corrected chi connectivity index (χ2v) is 4.91. The van der Waals surface area contributed by atoms with Crippen molar-refractivity contribution in [2.75, 3.05) is 12.8 Å². The van der Waals surface area contributed by atoms with E-state index in [2.05, 4.69) is 4.98 Å². The van der Waals surface area contributed by atoms with Gasteiger partial charge in [-0.2, -0.15) is 0 Å². The highest BCUT2D eigenvalue weighted by Gasteiger charge is 2.19. The average Bonchev–Trinajstić information content (AvgIpc) is 2.18. The van der Waals surface area contributed by atoms with Crippen LogP contribution in [-0.2, 0) is 11.3 Å². The van der Waals surface area contributed by atoms with Gasteiger partial charge in [-0.05, 0) is 32.4 Å². The summed E-state index contributed by atoms with van der Waals surface area (Å²) in [6.45, 7) is 5.90. The molecule has 0 saturated heterocycles. The third-order valence-electron chi connectivity index (χ3n) is 2.06. The van der Waals surface area contributed by atoms with Crippen LogP contribution in [0, 0.1) is 0 Å². The van der Waals surface area contributed by atoms with Crippen molar-refractivity contribution in [1.82, 2.24) is 9.88 Å². The van der Waals surface area contributed by atoms with Crippen molar-refractivity contribution < 1.29 is 9.53 Å². The van der Waals surface area contributed by atoms with E-state index in [9.17, 15) is 4.79 Å². The molecular weight excluding hydrogens is 218 g/mol. The first-order valence-electron chi connectivity index (χ1n) is 5.42. The molecule has 0 radical (unpaired) electrons. The zero-order valence-electron chi connectivity index (χ0n) is 10.7. The van der Waals surface area contributed by atoms with Crippen LogP contribution in [-0.4, -0.2) is 28.6 Å². The molecule has 1 amide bonds. The number of rotatable bonds is 2. The van der Waals surface area contributed by atoms with Gasteiger partial charge in [0.15, 0.2) is 0 Å². The number of hydrogen-bond acceptors (Lipinski definition) is 4. The van der Waals surface area contributed by atoms with Crippen molar-refractivity contribution in [3.63, 3.8) is 0 Å². The lowest BCUT2D eigenvalue weighted by atomic mass is 10.2. The standard InChI is InChI=1S/C12H19N3O2/c1-12(2,3)17-11(16)15(4)8-9-5-6-14-7-10(9)13/h5-7H,8,13H2,1-4H3. The number of carbonyl (C=O) groups excluding carboxylic acids is 1. The quantitative estimate of drug-likeness (QED) is 0.854. The highest BCUT2D eigenvalue weighted by atomic mass is 16.6. The first-order valence-corrected chi connectivity index (χ1v) is 5.42. The molecule has 5 nitrogen and oxygen atoms in total. The fourth-order valence-electron chi connectivity index (χ4n) is 1.24. The van der Waals surface area contributed by atoms with Crippen LogP contribution in [0.3, 0.4) is 0 Å². The van der Waals surface area contributed by atoms with E-state index in [4.69, 9.17) is 10.5 Å². The summed E-state index contributed by atoms with van der Waals surface area (Å²) in [6.07, 6.45) is 2.85. The molecule has 0 bridgehead atoms. The van der Waals surface area contributed by atoms with Gasteiger partial charge in [0.1, 0.15) is 5.60 Å². The Kier molecular flexibility index (Phi) is 3.93. The Balaban J connectivity index is 2.64. The molecule has 1 aromatic heterocycles. The zero-order valence-corrected chi connectivity index (χ0v) is 10.7. The van der Waals surface area contributed by atoms with Crippen LogP contribution in [0.5, 0.6) is 0 Å². The van der Waals surface area contributed by atoms with Crippen molar-refractivity contribution in [3.8, 4) is 0 Å². The number of hydrogen-bond donors (Lipinski definition) is 1. The highest BCUT2D eigenvalue weighted by molar-refractivity contribution is 5.68. The summed E-state index contributed by atoms with van der Waals surface area (Å²) in [6, 6.07) is 1.79. The number of anilines is 1. The van der Waals surface area contributed by atoms with Gasteiger partial charge in [0.05, 0.1) is 18.4 Å². The molecule has 2 N–H and O–H groups in total. The minimum atomic E-state index is -0.491. The molecule has 0 aliphatic rings. The van der Waals surface area contributed by atoms with Crippen LogP contribution in [0.15, 0.2) is 18.5 Å². The summed E-state index contributed by atoms with van der Waals surface area (Å²) in [5.41, 5.74) is 6.69. The van der Waals surface area contributed by atoms with E-state index >= 15 is 0 Å². The van der Waals surface area contributed by atoms with E-state index in [1.54, 1.807) is 25.5 Å². The molecule has 17 heavy (non-hydrogen) atoms. The van der Waals surface area contributed by atoms with E-state index in [1.807, 2.05) is 20.8 Å². The number of pyridine rings is 1. The van der Waals surface area contributed by atoms with Gasteiger partial charge >= 0.3 is 6.09 Å². The number of nitrogens with zero attached hydrogens (tertiary/aromatic N) is 2. The third kappa shape index (κ3) is 4.30. The molecule has 0 atom stereocenters. The molecular formula is C12H19N3O2. The maximum absolute atomic E-state index is 11.7. The molecule has 1 aromatic rings. The fourth-order valence-corrected chi connectivity index (χ4v) is 1.24. The molecule has 94 valence electrons. The Morgan fingerprint density at radius 2 is 2.18 bits per heavy atom. The summed E-state index contributed by atoms with van der Waals surface area (Å²) in [5.74, 6) is 0. The lowest BCUT2D eigenvalue weighted by Gasteiger charge is -2.24. The van der Waals surface area contributed by atoms with Gasteiger partial charge in [-0.15, -0.1) is 0 Å². The maximum Gasteiger partial charge on any atom is 0.410 e. The first-order chi connectivity index (χ1) is 7.79. The van der Waals surface area contributed by atoms with E-state index in [0.717, 1.165) is 5.56 Å². The number of carbonyl (C=O) groups is 1. The van der Waals surface area contributed by atoms with Crippen LogP contribution in [0.1, 0.15) is 26.3 Å². The van der Waals surface area contributed by atoms with Gasteiger partial charge in [0.2, 0.25) is 0 Å². The van der Waals surface area contributed by atoms with Crippen molar-refractivity contribution >= 4 is 11.8 Å².